The second-order valence-electron chi connectivity index (χ2n) is 6.80. The second kappa shape index (κ2) is 7.21. The Labute approximate surface area is 139 Å². The van der Waals surface area contributed by atoms with E-state index in [-0.39, 0.29) is 5.97 Å². The smallest absolute Gasteiger partial charge is 0.305 e. The summed E-state index contributed by atoms with van der Waals surface area (Å²) in [4.78, 5) is 11.5. The van der Waals surface area contributed by atoms with Crippen LogP contribution in [-0.2, 0) is 16.0 Å². The van der Waals surface area contributed by atoms with Crippen molar-refractivity contribution in [3.05, 3.63) is 30.0 Å². The summed E-state index contributed by atoms with van der Waals surface area (Å²) >= 11 is 0. The summed E-state index contributed by atoms with van der Waals surface area (Å²) in [6.07, 6.45) is 4.27. The van der Waals surface area contributed by atoms with Gasteiger partial charge in [-0.15, -0.1) is 0 Å². The molecule has 0 fully saturated rings. The number of hydrogen-bond donors (Lipinski definition) is 0. The molecule has 2 rings (SSSR count). The van der Waals surface area contributed by atoms with Crippen LogP contribution in [-0.4, -0.2) is 32.2 Å². The Balaban J connectivity index is 2.29. The number of aromatic nitrogens is 1. The predicted octanol–water partition coefficient (Wildman–Crippen LogP) is 4.22. The highest BCUT2D eigenvalue weighted by Gasteiger charge is 2.21. The lowest BCUT2D eigenvalue weighted by molar-refractivity contribution is -0.143. The molecule has 0 aliphatic carbocycles. The van der Waals surface area contributed by atoms with Crippen molar-refractivity contribution in [1.82, 2.24) is 4.23 Å². The molecule has 0 aliphatic rings. The van der Waals surface area contributed by atoms with E-state index in [0.717, 1.165) is 18.6 Å². The van der Waals surface area contributed by atoms with Gasteiger partial charge in [0.2, 0.25) is 0 Å². The van der Waals surface area contributed by atoms with Crippen LogP contribution in [0.4, 0.5) is 0 Å². The van der Waals surface area contributed by atoms with Gasteiger partial charge in [-0.3, -0.25) is 4.79 Å². The maximum Gasteiger partial charge on any atom is 0.305 e. The highest BCUT2D eigenvalue weighted by molar-refractivity contribution is 6.75. The molecular formula is C18H27NO3Si. The molecular weight excluding hydrogens is 306 g/mol. The zero-order chi connectivity index (χ0) is 17.0. The zero-order valence-corrected chi connectivity index (χ0v) is 15.8. The number of esters is 1. The first-order chi connectivity index (χ1) is 10.9. The molecule has 0 aliphatic heterocycles. The standard InChI is InChI=1S/C18H27NO3Si/c1-6-7-18(20)22-11-10-14-13-19(23(3,4)5)17-9-8-15(21-2)12-16(14)17/h8-9,12-13H,6-7,10-11H2,1-5H3. The molecule has 0 saturated heterocycles. The van der Waals surface area contributed by atoms with Gasteiger partial charge in [0, 0.05) is 23.7 Å². The largest absolute Gasteiger partial charge is 0.497 e. The summed E-state index contributed by atoms with van der Waals surface area (Å²) in [5, 5.41) is 1.19. The van der Waals surface area contributed by atoms with Gasteiger partial charge >= 0.3 is 5.97 Å². The molecule has 0 bridgehead atoms. The number of fused-ring (bicyclic) bond motifs is 1. The minimum absolute atomic E-state index is 0.112. The van der Waals surface area contributed by atoms with Crippen molar-refractivity contribution in [2.45, 2.75) is 45.8 Å². The number of rotatable bonds is 7. The van der Waals surface area contributed by atoms with Crippen molar-refractivity contribution < 1.29 is 14.3 Å². The number of nitrogens with zero attached hydrogens (tertiary/aromatic N) is 1. The average Bonchev–Trinajstić information content (AvgIpc) is 2.86. The van der Waals surface area contributed by atoms with Crippen molar-refractivity contribution in [3.8, 4) is 5.75 Å². The molecule has 5 heteroatoms. The summed E-state index contributed by atoms with van der Waals surface area (Å²) < 4.78 is 13.1. The molecule has 2 aromatic rings. The van der Waals surface area contributed by atoms with E-state index in [1.165, 1.54) is 16.5 Å². The van der Waals surface area contributed by atoms with E-state index in [2.05, 4.69) is 42.2 Å². The number of methoxy groups -OCH3 is 1. The normalized spacial score (nSPS) is 11.7. The van der Waals surface area contributed by atoms with E-state index < -0.39 is 8.24 Å². The summed E-state index contributed by atoms with van der Waals surface area (Å²) in [5.41, 5.74) is 2.45. The van der Waals surface area contributed by atoms with E-state index >= 15 is 0 Å². The van der Waals surface area contributed by atoms with Gasteiger partial charge in [-0.25, -0.2) is 0 Å². The number of ether oxygens (including phenoxy) is 2. The highest BCUT2D eigenvalue weighted by Crippen LogP contribution is 2.29. The molecule has 0 spiro atoms. The molecule has 126 valence electrons. The Kier molecular flexibility index (Phi) is 5.52. The molecule has 1 aromatic carbocycles. The van der Waals surface area contributed by atoms with Crippen LogP contribution in [0.3, 0.4) is 0 Å². The summed E-state index contributed by atoms with van der Waals surface area (Å²) in [6.45, 7) is 9.38. The van der Waals surface area contributed by atoms with Crippen LogP contribution in [0.5, 0.6) is 5.75 Å². The fourth-order valence-electron chi connectivity index (χ4n) is 2.71. The van der Waals surface area contributed by atoms with Gasteiger partial charge in [0.15, 0.2) is 8.24 Å². The van der Waals surface area contributed by atoms with Gasteiger partial charge in [-0.1, -0.05) is 26.6 Å². The lowest BCUT2D eigenvalue weighted by atomic mass is 10.1. The molecule has 1 aromatic heterocycles. The molecule has 4 nitrogen and oxygen atoms in total. The van der Waals surface area contributed by atoms with Gasteiger partial charge in [0.25, 0.3) is 0 Å². The van der Waals surface area contributed by atoms with Crippen LogP contribution in [0.2, 0.25) is 19.6 Å². The predicted molar refractivity (Wildman–Crippen MR) is 96.8 cm³/mol. The van der Waals surface area contributed by atoms with E-state index in [9.17, 15) is 4.79 Å². The molecule has 0 saturated carbocycles. The minimum atomic E-state index is -1.51. The van der Waals surface area contributed by atoms with Gasteiger partial charge < -0.3 is 13.7 Å². The monoisotopic (exact) mass is 333 g/mol. The van der Waals surface area contributed by atoms with Crippen LogP contribution in [0, 0.1) is 0 Å². The Bertz CT molecular complexity index is 685. The van der Waals surface area contributed by atoms with Crippen molar-refractivity contribution in [3.63, 3.8) is 0 Å². The topological polar surface area (TPSA) is 40.5 Å². The molecule has 23 heavy (non-hydrogen) atoms. The molecule has 1 heterocycles. The molecule has 0 amide bonds. The Morgan fingerprint density at radius 3 is 2.61 bits per heavy atom. The highest BCUT2D eigenvalue weighted by atomic mass is 28.3. The zero-order valence-electron chi connectivity index (χ0n) is 14.8. The second-order valence-corrected chi connectivity index (χ2v) is 11.6. The van der Waals surface area contributed by atoms with Crippen LogP contribution in [0.1, 0.15) is 25.3 Å². The molecule has 0 unspecified atom stereocenters. The van der Waals surface area contributed by atoms with Crippen LogP contribution in [0.25, 0.3) is 10.9 Å². The lowest BCUT2D eigenvalue weighted by Crippen LogP contribution is -2.31. The fourth-order valence-corrected chi connectivity index (χ4v) is 4.17. The quantitative estimate of drug-likeness (QED) is 0.563. The minimum Gasteiger partial charge on any atom is -0.497 e. The first kappa shape index (κ1) is 17.6. The van der Waals surface area contributed by atoms with Crippen LogP contribution < -0.4 is 4.74 Å². The van der Waals surface area contributed by atoms with Gasteiger partial charge in [0.05, 0.1) is 13.7 Å². The van der Waals surface area contributed by atoms with E-state index in [1.54, 1.807) is 7.11 Å². The van der Waals surface area contributed by atoms with Gasteiger partial charge in [-0.2, -0.15) is 0 Å². The fraction of sp³-hybridized carbons (Fsp3) is 0.500. The van der Waals surface area contributed by atoms with Crippen molar-refractivity contribution in [2.24, 2.45) is 0 Å². The third kappa shape index (κ3) is 4.16. The number of carbonyl (C=O) groups excluding carboxylic acids is 1. The van der Waals surface area contributed by atoms with Crippen LogP contribution in [0.15, 0.2) is 24.4 Å². The Morgan fingerprint density at radius 2 is 2.00 bits per heavy atom. The first-order valence-corrected chi connectivity index (χ1v) is 11.7. The summed E-state index contributed by atoms with van der Waals surface area (Å²) in [5.74, 6) is 0.745. The van der Waals surface area contributed by atoms with E-state index in [1.807, 2.05) is 13.0 Å². The summed E-state index contributed by atoms with van der Waals surface area (Å²) in [6, 6.07) is 6.21. The van der Waals surface area contributed by atoms with Gasteiger partial charge in [0.1, 0.15) is 5.75 Å². The number of carbonyl (C=O) groups is 1. The van der Waals surface area contributed by atoms with E-state index in [4.69, 9.17) is 9.47 Å². The van der Waals surface area contributed by atoms with Gasteiger partial charge in [-0.05, 0) is 36.4 Å². The first-order valence-electron chi connectivity index (χ1n) is 8.21. The maximum absolute atomic E-state index is 11.5. The van der Waals surface area contributed by atoms with Crippen molar-refractivity contribution in [2.75, 3.05) is 13.7 Å². The molecule has 0 radical (unpaired) electrons. The average molecular weight is 334 g/mol. The van der Waals surface area contributed by atoms with E-state index in [0.29, 0.717) is 13.0 Å². The lowest BCUT2D eigenvalue weighted by Gasteiger charge is -2.20. The number of benzene rings is 1. The maximum atomic E-state index is 11.5. The molecule has 0 N–H and O–H groups in total. The summed E-state index contributed by atoms with van der Waals surface area (Å²) in [7, 11) is 0.173. The SMILES string of the molecule is CCCC(=O)OCCc1cn([Si](C)(C)C)c2ccc(OC)cc12. The third-order valence-corrected chi connectivity index (χ3v) is 5.72. The van der Waals surface area contributed by atoms with Crippen molar-refractivity contribution in [1.29, 1.82) is 0 Å². The van der Waals surface area contributed by atoms with Crippen molar-refractivity contribution >= 4 is 25.1 Å². The Morgan fingerprint density at radius 1 is 1.26 bits per heavy atom. The Hall–Kier alpha value is -1.75. The number of hydrogen-bond acceptors (Lipinski definition) is 3. The van der Waals surface area contributed by atoms with Crippen LogP contribution >= 0.6 is 0 Å². The third-order valence-electron chi connectivity index (χ3n) is 3.91. The molecule has 0 atom stereocenters.